The molecule has 0 atom stereocenters. The van der Waals surface area contributed by atoms with E-state index in [2.05, 4.69) is 27.4 Å². The fourth-order valence-electron chi connectivity index (χ4n) is 2.53. The van der Waals surface area contributed by atoms with Gasteiger partial charge in [0.05, 0.1) is 6.21 Å². The molecule has 0 radical (unpaired) electrons. The molecular weight excluding hydrogens is 356 g/mol. The Morgan fingerprint density at radius 3 is 2.37 bits per heavy atom. The lowest BCUT2D eigenvalue weighted by Gasteiger charge is -2.21. The Morgan fingerprint density at radius 1 is 1.04 bits per heavy atom. The maximum Gasteiger partial charge on any atom is 0.211 e. The topological polar surface area (TPSA) is 52.3 Å². The Morgan fingerprint density at radius 2 is 1.74 bits per heavy atom. The van der Waals surface area contributed by atoms with E-state index in [9.17, 15) is 0 Å². The summed E-state index contributed by atoms with van der Waals surface area (Å²) < 4.78 is 7.66. The van der Waals surface area contributed by atoms with Crippen molar-refractivity contribution in [2.75, 3.05) is 6.26 Å². The molecule has 1 aromatic heterocycles. The van der Waals surface area contributed by atoms with Crippen LogP contribution in [0.1, 0.15) is 37.7 Å². The van der Waals surface area contributed by atoms with E-state index in [0.717, 1.165) is 22.3 Å². The molecule has 0 fully saturated rings. The molecule has 140 valence electrons. The number of hydrogen-bond donors (Lipinski definition) is 0. The molecule has 2 aromatic carbocycles. The zero-order chi connectivity index (χ0) is 19.3. The summed E-state index contributed by atoms with van der Waals surface area (Å²) in [4.78, 5) is 0. The van der Waals surface area contributed by atoms with Crippen molar-refractivity contribution in [2.45, 2.75) is 37.9 Å². The van der Waals surface area contributed by atoms with Gasteiger partial charge in [0.15, 0.2) is 5.82 Å². The predicted octanol–water partition coefficient (Wildman–Crippen LogP) is 4.65. The van der Waals surface area contributed by atoms with Crippen molar-refractivity contribution in [3.8, 4) is 5.75 Å². The van der Waals surface area contributed by atoms with Crippen LogP contribution in [0.2, 0.25) is 0 Å². The van der Waals surface area contributed by atoms with Gasteiger partial charge in [-0.1, -0.05) is 42.1 Å². The van der Waals surface area contributed by atoms with Gasteiger partial charge in [-0.05, 0) is 62.4 Å². The summed E-state index contributed by atoms with van der Waals surface area (Å²) in [5, 5.41) is 13.9. The number of thioether (sulfide) groups is 1. The zero-order valence-corrected chi connectivity index (χ0v) is 16.9. The van der Waals surface area contributed by atoms with Crippen LogP contribution in [0.3, 0.4) is 0 Å². The van der Waals surface area contributed by atoms with Crippen molar-refractivity contribution < 1.29 is 4.74 Å². The first-order chi connectivity index (χ1) is 12.9. The first-order valence-corrected chi connectivity index (χ1v) is 10.0. The molecule has 0 spiro atoms. The van der Waals surface area contributed by atoms with Gasteiger partial charge in [0.2, 0.25) is 5.16 Å². The Hall–Kier alpha value is -2.60. The summed E-state index contributed by atoms with van der Waals surface area (Å²) >= 11 is 1.53. The number of aromatic nitrogens is 3. The molecule has 0 amide bonds. The van der Waals surface area contributed by atoms with Crippen LogP contribution in [0.5, 0.6) is 5.75 Å². The van der Waals surface area contributed by atoms with Crippen LogP contribution >= 0.6 is 11.8 Å². The lowest BCUT2D eigenvalue weighted by atomic mass is 10.1. The van der Waals surface area contributed by atoms with Crippen LogP contribution in [0, 0.1) is 0 Å². The van der Waals surface area contributed by atoms with Gasteiger partial charge >= 0.3 is 0 Å². The normalized spacial score (nSPS) is 11.9. The molecular formula is C21H24N4OS. The lowest BCUT2D eigenvalue weighted by molar-refractivity contribution is 0.131. The molecule has 1 heterocycles. The number of ether oxygens (including phenoxy) is 1. The Kier molecular flexibility index (Phi) is 5.96. The number of hydrogen-bond acceptors (Lipinski definition) is 5. The molecule has 0 aliphatic heterocycles. The second-order valence-corrected chi connectivity index (χ2v) is 7.88. The minimum absolute atomic E-state index is 0.211. The van der Waals surface area contributed by atoms with E-state index in [4.69, 9.17) is 4.74 Å². The van der Waals surface area contributed by atoms with Gasteiger partial charge in [-0.2, -0.15) is 9.78 Å². The van der Waals surface area contributed by atoms with Crippen LogP contribution in [-0.2, 0) is 6.42 Å². The van der Waals surface area contributed by atoms with Crippen LogP contribution < -0.4 is 4.74 Å². The van der Waals surface area contributed by atoms with Crippen LogP contribution in [-0.4, -0.2) is 32.9 Å². The molecule has 0 aliphatic carbocycles. The van der Waals surface area contributed by atoms with E-state index < -0.39 is 0 Å². The second kappa shape index (κ2) is 8.39. The van der Waals surface area contributed by atoms with Gasteiger partial charge in [-0.15, -0.1) is 10.2 Å². The van der Waals surface area contributed by atoms with Crippen LogP contribution in [0.15, 0.2) is 64.9 Å². The molecule has 0 N–H and O–H groups in total. The molecule has 0 bridgehead atoms. The quantitative estimate of drug-likeness (QED) is 0.461. The van der Waals surface area contributed by atoms with Crippen molar-refractivity contribution in [1.82, 2.24) is 14.9 Å². The first-order valence-electron chi connectivity index (χ1n) is 8.80. The third-order valence-corrected chi connectivity index (χ3v) is 4.31. The SMILES string of the molecule is CSc1nnc(Cc2ccccc2)n1/N=C\c1ccc(OC(C)(C)C)cc1. The van der Waals surface area contributed by atoms with Crippen molar-refractivity contribution in [1.29, 1.82) is 0 Å². The largest absolute Gasteiger partial charge is 0.488 e. The monoisotopic (exact) mass is 380 g/mol. The van der Waals surface area contributed by atoms with Gasteiger partial charge in [0.25, 0.3) is 0 Å². The van der Waals surface area contributed by atoms with E-state index in [-0.39, 0.29) is 5.60 Å². The smallest absolute Gasteiger partial charge is 0.211 e. The Labute approximate surface area is 164 Å². The summed E-state index contributed by atoms with van der Waals surface area (Å²) in [7, 11) is 0. The van der Waals surface area contributed by atoms with Crippen molar-refractivity contribution in [3.05, 3.63) is 71.5 Å². The highest BCUT2D eigenvalue weighted by molar-refractivity contribution is 7.98. The molecule has 0 saturated carbocycles. The summed E-state index contributed by atoms with van der Waals surface area (Å²) in [6, 6.07) is 18.1. The third-order valence-electron chi connectivity index (χ3n) is 3.69. The molecule has 0 saturated heterocycles. The number of nitrogens with zero attached hydrogens (tertiary/aromatic N) is 4. The highest BCUT2D eigenvalue weighted by Gasteiger charge is 2.12. The molecule has 3 aromatic rings. The zero-order valence-electron chi connectivity index (χ0n) is 16.1. The van der Waals surface area contributed by atoms with E-state index in [1.165, 1.54) is 17.3 Å². The van der Waals surface area contributed by atoms with Gasteiger partial charge in [0.1, 0.15) is 11.4 Å². The minimum atomic E-state index is -0.211. The van der Waals surface area contributed by atoms with Crippen LogP contribution in [0.4, 0.5) is 0 Å². The lowest BCUT2D eigenvalue weighted by Crippen LogP contribution is -2.22. The fourth-order valence-corrected chi connectivity index (χ4v) is 2.98. The van der Waals surface area contributed by atoms with Gasteiger partial charge < -0.3 is 4.74 Å². The van der Waals surface area contributed by atoms with E-state index in [1.807, 2.05) is 75.7 Å². The fraction of sp³-hybridized carbons (Fsp3) is 0.286. The number of rotatable bonds is 6. The summed E-state index contributed by atoms with van der Waals surface area (Å²) in [5.41, 5.74) is 1.96. The van der Waals surface area contributed by atoms with Crippen molar-refractivity contribution >= 4 is 18.0 Å². The maximum absolute atomic E-state index is 5.86. The number of benzene rings is 2. The average Bonchev–Trinajstić information content (AvgIpc) is 3.02. The first kappa shape index (κ1) is 19.2. The molecule has 0 aliphatic rings. The van der Waals surface area contributed by atoms with Gasteiger partial charge in [-0.3, -0.25) is 0 Å². The van der Waals surface area contributed by atoms with E-state index in [0.29, 0.717) is 6.42 Å². The van der Waals surface area contributed by atoms with E-state index in [1.54, 1.807) is 4.68 Å². The standard InChI is InChI=1S/C21H24N4OS/c1-21(2,3)26-18-12-10-17(11-13-18)15-22-25-19(23-24-20(25)27-4)14-16-8-6-5-7-9-16/h5-13,15H,14H2,1-4H3/b22-15-. The molecule has 27 heavy (non-hydrogen) atoms. The minimum Gasteiger partial charge on any atom is -0.488 e. The van der Waals surface area contributed by atoms with Crippen molar-refractivity contribution in [3.63, 3.8) is 0 Å². The molecule has 5 nitrogen and oxygen atoms in total. The molecule has 6 heteroatoms. The Balaban J connectivity index is 1.79. The summed E-state index contributed by atoms with van der Waals surface area (Å²) in [5.74, 6) is 1.66. The van der Waals surface area contributed by atoms with Gasteiger partial charge in [0, 0.05) is 6.42 Å². The Bertz CT molecular complexity index is 896. The van der Waals surface area contributed by atoms with Crippen molar-refractivity contribution in [2.24, 2.45) is 5.10 Å². The molecule has 0 unspecified atom stereocenters. The van der Waals surface area contributed by atoms with Crippen LogP contribution in [0.25, 0.3) is 0 Å². The average molecular weight is 381 g/mol. The van der Waals surface area contributed by atoms with Gasteiger partial charge in [-0.25, -0.2) is 0 Å². The highest BCUT2D eigenvalue weighted by atomic mass is 32.2. The summed E-state index contributed by atoms with van der Waals surface area (Å²) in [6.45, 7) is 6.10. The second-order valence-electron chi connectivity index (χ2n) is 7.11. The summed E-state index contributed by atoms with van der Waals surface area (Å²) in [6.07, 6.45) is 4.48. The highest BCUT2D eigenvalue weighted by Crippen LogP contribution is 2.19. The molecule has 3 rings (SSSR count). The predicted molar refractivity (Wildman–Crippen MR) is 111 cm³/mol. The third kappa shape index (κ3) is 5.44. The van der Waals surface area contributed by atoms with E-state index >= 15 is 0 Å². The maximum atomic E-state index is 5.86.